The third kappa shape index (κ3) is 4.11. The maximum atomic E-state index is 12.9. The summed E-state index contributed by atoms with van der Waals surface area (Å²) in [6.45, 7) is 1.13. The fraction of sp³-hybridized carbons (Fsp3) is 0.304. The van der Waals surface area contributed by atoms with Crippen LogP contribution in [0.15, 0.2) is 65.7 Å². The highest BCUT2D eigenvalue weighted by Gasteiger charge is 2.26. The number of rotatable bonds is 5. The van der Waals surface area contributed by atoms with Crippen LogP contribution in [0.1, 0.15) is 42.1 Å². The molecule has 1 aliphatic rings. The number of piperidine rings is 1. The first-order valence-electron chi connectivity index (χ1n) is 9.95. The van der Waals surface area contributed by atoms with E-state index in [0.717, 1.165) is 12.8 Å². The molecule has 3 aromatic rings. The van der Waals surface area contributed by atoms with E-state index in [2.05, 4.69) is 4.98 Å². The smallest absolute Gasteiger partial charge is 0.261 e. The lowest BCUT2D eigenvalue weighted by Gasteiger charge is -2.33. The van der Waals surface area contributed by atoms with Crippen molar-refractivity contribution in [3.8, 4) is 0 Å². The number of amides is 1. The standard InChI is InChI=1S/C23H23N3O3/c27-21(17-7-2-1-3-8-17)12-13-22(28)25-14-6-9-18(15-25)26-16-24-20-11-5-4-10-19(20)23(26)29/h1-5,7-8,10-11,16,18H,6,9,12-15H2. The Hall–Kier alpha value is -3.28. The number of carbonyl (C=O) groups is 2. The second-order valence-electron chi connectivity index (χ2n) is 7.40. The van der Waals surface area contributed by atoms with Gasteiger partial charge in [0.05, 0.1) is 23.3 Å². The van der Waals surface area contributed by atoms with Gasteiger partial charge in [-0.05, 0) is 25.0 Å². The predicted molar refractivity (Wildman–Crippen MR) is 111 cm³/mol. The number of aromatic nitrogens is 2. The lowest BCUT2D eigenvalue weighted by atomic mass is 10.0. The number of likely N-dealkylation sites (tertiary alicyclic amines) is 1. The highest BCUT2D eigenvalue weighted by atomic mass is 16.2. The number of fused-ring (bicyclic) bond motifs is 1. The van der Waals surface area contributed by atoms with E-state index in [1.54, 1.807) is 34.0 Å². The summed E-state index contributed by atoms with van der Waals surface area (Å²) in [4.78, 5) is 44.0. The molecule has 1 saturated heterocycles. The second kappa shape index (κ2) is 8.39. The van der Waals surface area contributed by atoms with Crippen molar-refractivity contribution in [2.45, 2.75) is 31.7 Å². The molecule has 0 saturated carbocycles. The van der Waals surface area contributed by atoms with E-state index in [0.29, 0.717) is 29.6 Å². The van der Waals surface area contributed by atoms with Gasteiger partial charge < -0.3 is 4.90 Å². The van der Waals surface area contributed by atoms with Gasteiger partial charge in [0.15, 0.2) is 5.78 Å². The Labute approximate surface area is 168 Å². The van der Waals surface area contributed by atoms with Gasteiger partial charge >= 0.3 is 0 Å². The van der Waals surface area contributed by atoms with Crippen LogP contribution < -0.4 is 5.56 Å². The first kappa shape index (κ1) is 19.1. The third-order valence-corrected chi connectivity index (χ3v) is 5.49. The largest absolute Gasteiger partial charge is 0.341 e. The number of hydrogen-bond donors (Lipinski definition) is 0. The fourth-order valence-corrected chi connectivity index (χ4v) is 3.90. The number of carbonyl (C=O) groups excluding carboxylic acids is 2. The summed E-state index contributed by atoms with van der Waals surface area (Å²) in [5.74, 6) is -0.0664. The molecule has 1 amide bonds. The topological polar surface area (TPSA) is 72.3 Å². The fourth-order valence-electron chi connectivity index (χ4n) is 3.90. The molecule has 4 rings (SSSR count). The van der Waals surface area contributed by atoms with Crippen LogP contribution in [0, 0.1) is 0 Å². The molecule has 6 nitrogen and oxygen atoms in total. The molecule has 0 bridgehead atoms. The van der Waals surface area contributed by atoms with Crippen LogP contribution in [0.3, 0.4) is 0 Å². The third-order valence-electron chi connectivity index (χ3n) is 5.49. The highest BCUT2D eigenvalue weighted by Crippen LogP contribution is 2.22. The summed E-state index contributed by atoms with van der Waals surface area (Å²) in [5.41, 5.74) is 1.23. The summed E-state index contributed by atoms with van der Waals surface area (Å²) in [6, 6.07) is 16.2. The van der Waals surface area contributed by atoms with E-state index in [4.69, 9.17) is 0 Å². The Morgan fingerprint density at radius 3 is 2.59 bits per heavy atom. The lowest BCUT2D eigenvalue weighted by Crippen LogP contribution is -2.43. The number of ketones is 1. The predicted octanol–water partition coefficient (Wildman–Crippen LogP) is 3.22. The Bertz CT molecular complexity index is 1090. The van der Waals surface area contributed by atoms with E-state index in [1.165, 1.54) is 0 Å². The van der Waals surface area contributed by atoms with Crippen molar-refractivity contribution < 1.29 is 9.59 Å². The number of Topliss-reactive ketones (excluding diaryl/α,β-unsaturated/α-hetero) is 1. The second-order valence-corrected chi connectivity index (χ2v) is 7.40. The molecule has 0 N–H and O–H groups in total. The van der Waals surface area contributed by atoms with Crippen LogP contribution in [0.5, 0.6) is 0 Å². The molecule has 2 heterocycles. The van der Waals surface area contributed by atoms with Gasteiger partial charge in [-0.25, -0.2) is 4.98 Å². The van der Waals surface area contributed by atoms with Crippen LogP contribution in [0.25, 0.3) is 10.9 Å². The molecular weight excluding hydrogens is 366 g/mol. The molecule has 1 aliphatic heterocycles. The summed E-state index contributed by atoms with van der Waals surface area (Å²) in [5, 5.41) is 0.590. The molecule has 6 heteroatoms. The van der Waals surface area contributed by atoms with Crippen molar-refractivity contribution in [2.75, 3.05) is 13.1 Å². The van der Waals surface area contributed by atoms with E-state index >= 15 is 0 Å². The van der Waals surface area contributed by atoms with Crippen molar-refractivity contribution in [3.63, 3.8) is 0 Å². The quantitative estimate of drug-likeness (QED) is 0.628. The minimum atomic E-state index is -0.0952. The average molecular weight is 389 g/mol. The number of hydrogen-bond acceptors (Lipinski definition) is 4. The molecule has 1 aromatic heterocycles. The van der Waals surface area contributed by atoms with Crippen LogP contribution in [0.4, 0.5) is 0 Å². The van der Waals surface area contributed by atoms with E-state index in [1.807, 2.05) is 36.4 Å². The van der Waals surface area contributed by atoms with Crippen LogP contribution >= 0.6 is 0 Å². The SMILES string of the molecule is O=C(CCC(=O)N1CCCC(n2cnc3ccccc3c2=O)C1)c1ccccc1. The number of nitrogens with zero attached hydrogens (tertiary/aromatic N) is 3. The monoisotopic (exact) mass is 389 g/mol. The van der Waals surface area contributed by atoms with Crippen LogP contribution in [-0.4, -0.2) is 39.2 Å². The Morgan fingerprint density at radius 2 is 1.76 bits per heavy atom. The highest BCUT2D eigenvalue weighted by molar-refractivity contribution is 5.97. The van der Waals surface area contributed by atoms with Crippen molar-refractivity contribution in [2.24, 2.45) is 0 Å². The van der Waals surface area contributed by atoms with Crippen LogP contribution in [-0.2, 0) is 4.79 Å². The molecular formula is C23H23N3O3. The molecule has 0 spiro atoms. The maximum absolute atomic E-state index is 12.9. The molecule has 0 radical (unpaired) electrons. The Morgan fingerprint density at radius 1 is 1.00 bits per heavy atom. The minimum absolute atomic E-state index is 0.0255. The van der Waals surface area contributed by atoms with Crippen molar-refractivity contribution in [3.05, 3.63) is 76.8 Å². The molecule has 148 valence electrons. The van der Waals surface area contributed by atoms with Gasteiger partial charge in [-0.1, -0.05) is 42.5 Å². The Balaban J connectivity index is 1.43. The zero-order valence-corrected chi connectivity index (χ0v) is 16.2. The summed E-state index contributed by atoms with van der Waals surface area (Å²) >= 11 is 0. The average Bonchev–Trinajstić information content (AvgIpc) is 2.78. The van der Waals surface area contributed by atoms with Gasteiger partial charge in [-0.15, -0.1) is 0 Å². The molecule has 1 fully saturated rings. The van der Waals surface area contributed by atoms with E-state index in [9.17, 15) is 14.4 Å². The van der Waals surface area contributed by atoms with E-state index < -0.39 is 0 Å². The summed E-state index contributed by atoms with van der Waals surface area (Å²) < 4.78 is 1.65. The van der Waals surface area contributed by atoms with Gasteiger partial charge in [0, 0.05) is 31.5 Å². The van der Waals surface area contributed by atoms with Gasteiger partial charge in [0.25, 0.3) is 5.56 Å². The van der Waals surface area contributed by atoms with Crippen molar-refractivity contribution in [1.29, 1.82) is 0 Å². The molecule has 2 aromatic carbocycles. The van der Waals surface area contributed by atoms with Gasteiger partial charge in [-0.2, -0.15) is 0 Å². The summed E-state index contributed by atoms with van der Waals surface area (Å²) in [6.07, 6.45) is 3.62. The zero-order chi connectivity index (χ0) is 20.2. The first-order chi connectivity index (χ1) is 14.1. The van der Waals surface area contributed by atoms with Crippen LogP contribution in [0.2, 0.25) is 0 Å². The molecule has 1 atom stereocenters. The lowest BCUT2D eigenvalue weighted by molar-refractivity contribution is -0.132. The number of para-hydroxylation sites is 1. The Kier molecular flexibility index (Phi) is 5.51. The molecule has 1 unspecified atom stereocenters. The summed E-state index contributed by atoms with van der Waals surface area (Å²) in [7, 11) is 0. The molecule has 29 heavy (non-hydrogen) atoms. The molecule has 0 aliphatic carbocycles. The van der Waals surface area contributed by atoms with Gasteiger partial charge in [0.2, 0.25) is 5.91 Å². The zero-order valence-electron chi connectivity index (χ0n) is 16.2. The van der Waals surface area contributed by atoms with Gasteiger partial charge in [-0.3, -0.25) is 19.0 Å². The maximum Gasteiger partial charge on any atom is 0.261 e. The van der Waals surface area contributed by atoms with Crippen molar-refractivity contribution in [1.82, 2.24) is 14.5 Å². The van der Waals surface area contributed by atoms with Gasteiger partial charge in [0.1, 0.15) is 0 Å². The normalized spacial score (nSPS) is 16.7. The minimum Gasteiger partial charge on any atom is -0.341 e. The first-order valence-corrected chi connectivity index (χ1v) is 9.95. The van der Waals surface area contributed by atoms with E-state index in [-0.39, 0.29) is 36.1 Å². The van der Waals surface area contributed by atoms with Crippen molar-refractivity contribution >= 4 is 22.6 Å². The number of benzene rings is 2.